The van der Waals surface area contributed by atoms with Gasteiger partial charge in [-0.2, -0.15) is 0 Å². The number of benzene rings is 2. The Morgan fingerprint density at radius 3 is 2.54 bits per heavy atom. The second kappa shape index (κ2) is 6.53. The lowest BCUT2D eigenvalue weighted by molar-refractivity contribution is 0.0917. The predicted molar refractivity (Wildman–Crippen MR) is 89.7 cm³/mol. The van der Waals surface area contributed by atoms with Gasteiger partial charge in [0.1, 0.15) is 6.67 Å². The normalized spacial score (nSPS) is 17.2. The molecule has 0 fully saturated rings. The average molecular weight is 368 g/mol. The van der Waals surface area contributed by atoms with Gasteiger partial charge in [0.15, 0.2) is 9.84 Å². The van der Waals surface area contributed by atoms with E-state index < -0.39 is 28.5 Å². The third-order valence-electron chi connectivity index (χ3n) is 3.94. The van der Waals surface area contributed by atoms with Crippen LogP contribution in [0.4, 0.5) is 4.39 Å². The molecule has 1 atom stereocenters. The molecule has 0 bridgehead atoms. The largest absolute Gasteiger partial charge is 0.346 e. The summed E-state index contributed by atoms with van der Waals surface area (Å²) in [6.07, 6.45) is 0.356. The molecule has 0 saturated heterocycles. The zero-order chi connectivity index (χ0) is 17.3. The summed E-state index contributed by atoms with van der Waals surface area (Å²) in [7, 11) is -3.60. The highest BCUT2D eigenvalue weighted by Gasteiger charge is 2.26. The Hall–Kier alpha value is -1.92. The zero-order valence-corrected chi connectivity index (χ0v) is 14.2. The minimum Gasteiger partial charge on any atom is -0.346 e. The first kappa shape index (κ1) is 16.9. The van der Waals surface area contributed by atoms with Crippen LogP contribution in [0.25, 0.3) is 0 Å². The molecule has 1 heterocycles. The van der Waals surface area contributed by atoms with Crippen LogP contribution in [-0.2, 0) is 22.0 Å². The van der Waals surface area contributed by atoms with Crippen molar-refractivity contribution in [3.63, 3.8) is 0 Å². The summed E-state index contributed by atoms with van der Waals surface area (Å²) in [6.45, 7) is -0.651. The molecule has 1 N–H and O–H groups in total. The number of nitrogens with one attached hydrogen (secondary N) is 1. The summed E-state index contributed by atoms with van der Waals surface area (Å²) in [4.78, 5) is 12.1. The van der Waals surface area contributed by atoms with Crippen LogP contribution in [0.3, 0.4) is 0 Å². The second-order valence-electron chi connectivity index (χ2n) is 5.73. The lowest BCUT2D eigenvalue weighted by Gasteiger charge is -2.23. The number of carbonyl (C=O) groups excluding carboxylic acids is 1. The number of hydrogen-bond acceptors (Lipinski definition) is 3. The monoisotopic (exact) mass is 367 g/mol. The molecule has 1 aliphatic rings. The molecule has 0 saturated carbocycles. The molecule has 126 valence electrons. The van der Waals surface area contributed by atoms with E-state index >= 15 is 0 Å². The number of alkyl halides is 1. The Bertz CT molecular complexity index is 881. The minimum atomic E-state index is -3.60. The fraction of sp³-hybridized carbons (Fsp3) is 0.235. The fourth-order valence-electron chi connectivity index (χ4n) is 2.69. The van der Waals surface area contributed by atoms with Gasteiger partial charge in [0.05, 0.1) is 16.7 Å². The molecule has 4 nitrogen and oxygen atoms in total. The number of halogens is 2. The van der Waals surface area contributed by atoms with Crippen molar-refractivity contribution in [2.45, 2.75) is 23.1 Å². The van der Waals surface area contributed by atoms with Gasteiger partial charge in [0.25, 0.3) is 5.91 Å². The van der Waals surface area contributed by atoms with E-state index in [9.17, 15) is 17.6 Å². The molecule has 7 heteroatoms. The second-order valence-corrected chi connectivity index (χ2v) is 8.16. The van der Waals surface area contributed by atoms with Crippen LogP contribution in [-0.4, -0.2) is 27.0 Å². The summed E-state index contributed by atoms with van der Waals surface area (Å²) < 4.78 is 37.9. The number of fused-ring (bicyclic) bond motifs is 1. The first-order chi connectivity index (χ1) is 11.4. The molecule has 2 aromatic rings. The van der Waals surface area contributed by atoms with Crippen molar-refractivity contribution in [3.8, 4) is 0 Å². The maximum atomic E-state index is 12.8. The van der Waals surface area contributed by atoms with Gasteiger partial charge in [0, 0.05) is 10.6 Å². The van der Waals surface area contributed by atoms with E-state index in [-0.39, 0.29) is 16.2 Å². The third kappa shape index (κ3) is 3.44. The Balaban J connectivity index is 1.91. The molecule has 24 heavy (non-hydrogen) atoms. The van der Waals surface area contributed by atoms with E-state index in [1.54, 1.807) is 30.3 Å². The summed E-state index contributed by atoms with van der Waals surface area (Å²) >= 11 is 5.80. The third-order valence-corrected chi connectivity index (χ3v) is 5.88. The Morgan fingerprint density at radius 1 is 1.17 bits per heavy atom. The van der Waals surface area contributed by atoms with E-state index in [0.29, 0.717) is 22.6 Å². The molecule has 1 amide bonds. The van der Waals surface area contributed by atoms with Crippen LogP contribution in [0, 0.1) is 0 Å². The summed E-state index contributed by atoms with van der Waals surface area (Å²) in [5, 5.41) is 3.06. The van der Waals surface area contributed by atoms with Gasteiger partial charge in [-0.25, -0.2) is 12.8 Å². The predicted octanol–water partition coefficient (Wildman–Crippen LogP) is 2.94. The van der Waals surface area contributed by atoms with Gasteiger partial charge in [-0.15, -0.1) is 0 Å². The maximum absolute atomic E-state index is 12.8. The van der Waals surface area contributed by atoms with E-state index in [0.717, 1.165) is 0 Å². The number of hydrogen-bond donors (Lipinski definition) is 1. The van der Waals surface area contributed by atoms with Crippen LogP contribution in [0.1, 0.15) is 21.5 Å². The number of rotatable bonds is 4. The summed E-state index contributed by atoms with van der Waals surface area (Å²) in [6, 6.07) is 10.4. The van der Waals surface area contributed by atoms with Gasteiger partial charge in [-0.3, -0.25) is 4.79 Å². The Morgan fingerprint density at radius 2 is 1.88 bits per heavy atom. The summed E-state index contributed by atoms with van der Waals surface area (Å²) in [5.74, 6) is -0.625. The zero-order valence-electron chi connectivity index (χ0n) is 12.6. The van der Waals surface area contributed by atoms with Crippen LogP contribution >= 0.6 is 11.6 Å². The highest BCUT2D eigenvalue weighted by atomic mass is 35.5. The first-order valence-electron chi connectivity index (χ1n) is 7.36. The summed E-state index contributed by atoms with van der Waals surface area (Å²) in [5.41, 5.74) is 1.56. The van der Waals surface area contributed by atoms with Crippen molar-refractivity contribution in [1.29, 1.82) is 0 Å². The average Bonchev–Trinajstić information content (AvgIpc) is 2.56. The number of carbonyl (C=O) groups is 1. The lowest BCUT2D eigenvalue weighted by Crippen LogP contribution is -2.42. The van der Waals surface area contributed by atoms with E-state index in [1.807, 2.05) is 0 Å². The molecule has 3 rings (SSSR count). The van der Waals surface area contributed by atoms with E-state index in [1.165, 1.54) is 12.1 Å². The topological polar surface area (TPSA) is 63.2 Å². The van der Waals surface area contributed by atoms with Crippen LogP contribution in [0.2, 0.25) is 5.02 Å². The Kier molecular flexibility index (Phi) is 4.60. The Labute approximate surface area is 144 Å². The van der Waals surface area contributed by atoms with Crippen molar-refractivity contribution < 1.29 is 17.6 Å². The SMILES string of the molecule is O=C1NC(CF)Cc2ccc(S(=O)(=O)Cc3ccc(Cl)cc3)cc21. The van der Waals surface area contributed by atoms with Crippen molar-refractivity contribution in [3.05, 3.63) is 64.2 Å². The molecule has 0 spiro atoms. The number of sulfone groups is 1. The number of amides is 1. The molecule has 2 aromatic carbocycles. The molecule has 0 aliphatic carbocycles. The van der Waals surface area contributed by atoms with Crippen molar-refractivity contribution in [2.75, 3.05) is 6.67 Å². The smallest absolute Gasteiger partial charge is 0.251 e. The fourth-order valence-corrected chi connectivity index (χ4v) is 4.19. The van der Waals surface area contributed by atoms with Gasteiger partial charge in [0.2, 0.25) is 0 Å². The van der Waals surface area contributed by atoms with Crippen LogP contribution in [0.5, 0.6) is 0 Å². The van der Waals surface area contributed by atoms with Crippen molar-refractivity contribution in [1.82, 2.24) is 5.32 Å². The van der Waals surface area contributed by atoms with Gasteiger partial charge >= 0.3 is 0 Å². The highest BCUT2D eigenvalue weighted by molar-refractivity contribution is 7.90. The van der Waals surface area contributed by atoms with Gasteiger partial charge in [-0.05, 0) is 41.8 Å². The molecule has 0 aromatic heterocycles. The van der Waals surface area contributed by atoms with Crippen LogP contribution in [0.15, 0.2) is 47.4 Å². The molecular weight excluding hydrogens is 353 g/mol. The van der Waals surface area contributed by atoms with Crippen LogP contribution < -0.4 is 5.32 Å². The van der Waals surface area contributed by atoms with E-state index in [4.69, 9.17) is 11.6 Å². The van der Waals surface area contributed by atoms with Crippen molar-refractivity contribution >= 4 is 27.3 Å². The first-order valence-corrected chi connectivity index (χ1v) is 9.39. The molecular formula is C17H15ClFNO3S. The molecule has 0 radical (unpaired) electrons. The molecule has 1 aliphatic heterocycles. The van der Waals surface area contributed by atoms with E-state index in [2.05, 4.69) is 5.32 Å². The highest BCUT2D eigenvalue weighted by Crippen LogP contribution is 2.24. The van der Waals surface area contributed by atoms with Gasteiger partial charge < -0.3 is 5.32 Å². The minimum absolute atomic E-state index is 0.0741. The standard InChI is InChI=1S/C17H15ClFNO3S/c18-13-4-1-11(2-5-13)10-24(22,23)15-6-3-12-7-14(9-19)20-17(21)16(12)8-15/h1-6,8,14H,7,9-10H2,(H,20,21). The quantitative estimate of drug-likeness (QED) is 0.903. The maximum Gasteiger partial charge on any atom is 0.251 e. The molecule has 1 unspecified atom stereocenters. The van der Waals surface area contributed by atoms with Gasteiger partial charge in [-0.1, -0.05) is 29.8 Å². The van der Waals surface area contributed by atoms with Crippen molar-refractivity contribution in [2.24, 2.45) is 0 Å². The lowest BCUT2D eigenvalue weighted by atomic mass is 9.96.